The minimum atomic E-state index is -0.197. The summed E-state index contributed by atoms with van der Waals surface area (Å²) < 4.78 is 20.4. The van der Waals surface area contributed by atoms with Crippen molar-refractivity contribution in [2.45, 2.75) is 25.5 Å². The largest absolute Gasteiger partial charge is 0.485 e. The highest BCUT2D eigenvalue weighted by molar-refractivity contribution is 9.10. The van der Waals surface area contributed by atoms with Crippen LogP contribution < -0.4 is 10.5 Å². The third-order valence-electron chi connectivity index (χ3n) is 3.67. The van der Waals surface area contributed by atoms with E-state index in [1.807, 2.05) is 24.3 Å². The van der Waals surface area contributed by atoms with Crippen LogP contribution in [0.4, 0.5) is 4.39 Å². The summed E-state index contributed by atoms with van der Waals surface area (Å²) in [5.41, 5.74) is 8.83. The van der Waals surface area contributed by atoms with E-state index in [-0.39, 0.29) is 18.0 Å². The highest BCUT2D eigenvalue weighted by atomic mass is 79.9. The van der Waals surface area contributed by atoms with Crippen molar-refractivity contribution in [3.05, 3.63) is 63.4 Å². The van der Waals surface area contributed by atoms with E-state index in [1.54, 1.807) is 13.0 Å². The van der Waals surface area contributed by atoms with Gasteiger partial charge in [-0.3, -0.25) is 0 Å². The van der Waals surface area contributed by atoms with Crippen LogP contribution in [0.15, 0.2) is 40.9 Å². The number of fused-ring (bicyclic) bond motifs is 1. The zero-order valence-corrected chi connectivity index (χ0v) is 12.7. The lowest BCUT2D eigenvalue weighted by Gasteiger charge is -2.31. The van der Waals surface area contributed by atoms with Crippen molar-refractivity contribution in [2.24, 2.45) is 5.73 Å². The fraction of sp³-hybridized carbons (Fsp3) is 0.250. The van der Waals surface area contributed by atoms with Crippen LogP contribution >= 0.6 is 15.9 Å². The molecule has 0 saturated heterocycles. The maximum absolute atomic E-state index is 13.4. The Morgan fingerprint density at radius 3 is 2.80 bits per heavy atom. The zero-order valence-electron chi connectivity index (χ0n) is 11.1. The normalized spacial score (nSPS) is 21.2. The first-order chi connectivity index (χ1) is 9.54. The van der Waals surface area contributed by atoms with E-state index in [4.69, 9.17) is 10.5 Å². The molecule has 2 aromatic rings. The van der Waals surface area contributed by atoms with Crippen LogP contribution in [0.1, 0.15) is 35.3 Å². The lowest BCUT2D eigenvalue weighted by atomic mass is 9.93. The number of nitrogens with two attached hydrogens (primary N) is 1. The molecule has 0 radical (unpaired) electrons. The summed E-state index contributed by atoms with van der Waals surface area (Å²) in [5.74, 6) is 0.599. The molecule has 1 aliphatic heterocycles. The number of halogens is 2. The standard InChI is InChI=1S/C16H15BrFNO/c1-9-6-10(2-5-13(9)18)15-8-14(19)12-4-3-11(17)7-16(12)20-15/h2-7,14-15H,8,19H2,1H3/t14-,15?/m1/s1. The summed E-state index contributed by atoms with van der Waals surface area (Å²) in [6.07, 6.45) is 0.561. The lowest BCUT2D eigenvalue weighted by Crippen LogP contribution is -2.24. The Morgan fingerprint density at radius 1 is 1.25 bits per heavy atom. The average Bonchev–Trinajstić information content (AvgIpc) is 2.41. The fourth-order valence-corrected chi connectivity index (χ4v) is 2.89. The molecule has 4 heteroatoms. The molecule has 1 unspecified atom stereocenters. The van der Waals surface area contributed by atoms with E-state index in [0.29, 0.717) is 12.0 Å². The number of aryl methyl sites for hydroxylation is 1. The van der Waals surface area contributed by atoms with Gasteiger partial charge in [0.15, 0.2) is 0 Å². The molecule has 0 bridgehead atoms. The van der Waals surface area contributed by atoms with Gasteiger partial charge in [-0.25, -0.2) is 4.39 Å². The van der Waals surface area contributed by atoms with Crippen molar-refractivity contribution in [2.75, 3.05) is 0 Å². The first-order valence-electron chi connectivity index (χ1n) is 6.52. The smallest absolute Gasteiger partial charge is 0.126 e. The van der Waals surface area contributed by atoms with E-state index in [2.05, 4.69) is 15.9 Å². The van der Waals surface area contributed by atoms with Gasteiger partial charge in [0.2, 0.25) is 0 Å². The number of benzene rings is 2. The van der Waals surface area contributed by atoms with Crippen LogP contribution in [0.25, 0.3) is 0 Å². The molecule has 0 aliphatic carbocycles. The summed E-state index contributed by atoms with van der Waals surface area (Å²) in [6, 6.07) is 10.9. The van der Waals surface area contributed by atoms with Gasteiger partial charge in [0.05, 0.1) is 0 Å². The second-order valence-corrected chi connectivity index (χ2v) is 6.06. The van der Waals surface area contributed by atoms with Gasteiger partial charge in [-0.05, 0) is 42.3 Å². The number of hydrogen-bond acceptors (Lipinski definition) is 2. The third kappa shape index (κ3) is 2.45. The van der Waals surface area contributed by atoms with Crippen LogP contribution in [0, 0.1) is 12.7 Å². The number of ether oxygens (including phenoxy) is 1. The summed E-state index contributed by atoms with van der Waals surface area (Å²) >= 11 is 3.44. The molecule has 0 aromatic heterocycles. The molecule has 0 amide bonds. The Kier molecular flexibility index (Phi) is 3.52. The van der Waals surface area contributed by atoms with Gasteiger partial charge in [0.25, 0.3) is 0 Å². The molecule has 2 nitrogen and oxygen atoms in total. The molecule has 0 spiro atoms. The molecule has 20 heavy (non-hydrogen) atoms. The summed E-state index contributed by atoms with van der Waals surface area (Å²) in [5, 5.41) is 0. The Hall–Kier alpha value is -1.39. The molecule has 0 fully saturated rings. The molecule has 0 saturated carbocycles. The van der Waals surface area contributed by atoms with Gasteiger partial charge in [-0.1, -0.05) is 28.1 Å². The number of hydrogen-bond donors (Lipinski definition) is 1. The molecule has 104 valence electrons. The monoisotopic (exact) mass is 335 g/mol. The molecular weight excluding hydrogens is 321 g/mol. The highest BCUT2D eigenvalue weighted by Crippen LogP contribution is 2.41. The van der Waals surface area contributed by atoms with Crippen molar-refractivity contribution in [1.82, 2.24) is 0 Å². The first kappa shape index (κ1) is 13.6. The fourth-order valence-electron chi connectivity index (χ4n) is 2.55. The van der Waals surface area contributed by atoms with Crippen molar-refractivity contribution in [1.29, 1.82) is 0 Å². The zero-order chi connectivity index (χ0) is 14.3. The average molecular weight is 336 g/mol. The second kappa shape index (κ2) is 5.19. The van der Waals surface area contributed by atoms with Crippen molar-refractivity contribution in [3.63, 3.8) is 0 Å². The molecule has 2 N–H and O–H groups in total. The Bertz CT molecular complexity index is 659. The summed E-state index contributed by atoms with van der Waals surface area (Å²) in [7, 11) is 0. The minimum absolute atomic E-state index is 0.0674. The molecule has 2 aromatic carbocycles. The SMILES string of the molecule is Cc1cc(C2C[C@@H](N)c3ccc(Br)cc3O2)ccc1F. The van der Waals surface area contributed by atoms with E-state index in [0.717, 1.165) is 21.3 Å². The van der Waals surface area contributed by atoms with Crippen LogP contribution in [0.5, 0.6) is 5.75 Å². The molecule has 2 atom stereocenters. The van der Waals surface area contributed by atoms with Crippen LogP contribution in [0.2, 0.25) is 0 Å². The van der Waals surface area contributed by atoms with Crippen molar-refractivity contribution < 1.29 is 9.13 Å². The molecular formula is C16H15BrFNO. The van der Waals surface area contributed by atoms with E-state index in [9.17, 15) is 4.39 Å². The van der Waals surface area contributed by atoms with Crippen molar-refractivity contribution in [3.8, 4) is 5.75 Å². The third-order valence-corrected chi connectivity index (χ3v) is 4.16. The Balaban J connectivity index is 1.96. The lowest BCUT2D eigenvalue weighted by molar-refractivity contribution is 0.161. The van der Waals surface area contributed by atoms with Gasteiger partial charge in [-0.2, -0.15) is 0 Å². The Labute approximate surface area is 125 Å². The minimum Gasteiger partial charge on any atom is -0.485 e. The van der Waals surface area contributed by atoms with Crippen LogP contribution in [-0.4, -0.2) is 0 Å². The van der Waals surface area contributed by atoms with Crippen LogP contribution in [0.3, 0.4) is 0 Å². The number of rotatable bonds is 1. The Morgan fingerprint density at radius 2 is 2.05 bits per heavy atom. The van der Waals surface area contributed by atoms with Crippen LogP contribution in [-0.2, 0) is 0 Å². The van der Waals surface area contributed by atoms with Crippen molar-refractivity contribution >= 4 is 15.9 Å². The summed E-state index contributed by atoms with van der Waals surface area (Å²) in [6.45, 7) is 1.76. The van der Waals surface area contributed by atoms with Gasteiger partial charge in [0.1, 0.15) is 17.7 Å². The maximum atomic E-state index is 13.4. The molecule has 3 rings (SSSR count). The van der Waals surface area contributed by atoms with E-state index >= 15 is 0 Å². The molecule has 1 heterocycles. The quantitative estimate of drug-likeness (QED) is 0.837. The van der Waals surface area contributed by atoms with E-state index in [1.165, 1.54) is 6.07 Å². The predicted octanol–water partition coefficient (Wildman–Crippen LogP) is 4.42. The van der Waals surface area contributed by atoms with Gasteiger partial charge in [0, 0.05) is 22.5 Å². The van der Waals surface area contributed by atoms with Gasteiger partial charge >= 0.3 is 0 Å². The van der Waals surface area contributed by atoms with E-state index < -0.39 is 0 Å². The topological polar surface area (TPSA) is 35.2 Å². The highest BCUT2D eigenvalue weighted by Gasteiger charge is 2.27. The van der Waals surface area contributed by atoms with Gasteiger partial charge < -0.3 is 10.5 Å². The summed E-state index contributed by atoms with van der Waals surface area (Å²) in [4.78, 5) is 0. The second-order valence-electron chi connectivity index (χ2n) is 5.14. The first-order valence-corrected chi connectivity index (χ1v) is 7.31. The van der Waals surface area contributed by atoms with Gasteiger partial charge in [-0.15, -0.1) is 0 Å². The predicted molar refractivity (Wildman–Crippen MR) is 80.2 cm³/mol. The molecule has 1 aliphatic rings. The maximum Gasteiger partial charge on any atom is 0.126 e.